The molecule has 28 heteroatoms. The molecule has 1 aliphatic heterocycles. The molecule has 1 fully saturated rings. The van der Waals surface area contributed by atoms with E-state index in [1.54, 1.807) is 41.3 Å². The van der Waals surface area contributed by atoms with Crippen LogP contribution in [0.5, 0.6) is 11.5 Å². The Morgan fingerprint density at radius 1 is 0.550 bits per heavy atom. The van der Waals surface area contributed by atoms with Gasteiger partial charge in [0.2, 0.25) is 10.2 Å². The molecular formula is C81H90Cl4N10O12S2. The summed E-state index contributed by atoms with van der Waals surface area (Å²) in [7, 11) is -7.14. The number of sulfonamides is 2. The minimum Gasteiger partial charge on any atom is -0.494 e. The van der Waals surface area contributed by atoms with Crippen molar-refractivity contribution in [3.63, 3.8) is 0 Å². The zero-order valence-electron chi connectivity index (χ0n) is 63.3. The van der Waals surface area contributed by atoms with E-state index in [0.717, 1.165) is 127 Å². The quantitative estimate of drug-likeness (QED) is 0.0367. The fourth-order valence-corrected chi connectivity index (χ4v) is 17.1. The summed E-state index contributed by atoms with van der Waals surface area (Å²) in [5, 5.41) is 16.2. The molecule has 4 N–H and O–H groups in total. The Labute approximate surface area is 656 Å². The summed E-state index contributed by atoms with van der Waals surface area (Å²) in [5.41, 5.74) is 16.3. The number of piperidine rings is 1. The van der Waals surface area contributed by atoms with Crippen LogP contribution in [0.4, 0.5) is 0 Å². The van der Waals surface area contributed by atoms with E-state index in [1.165, 1.54) is 18.2 Å². The number of halogens is 4. The number of hydrogen-bond acceptors (Lipinski definition) is 16. The molecule has 4 amide bonds. The van der Waals surface area contributed by atoms with Crippen molar-refractivity contribution in [3.8, 4) is 33.8 Å². The van der Waals surface area contributed by atoms with Crippen molar-refractivity contribution in [2.24, 2.45) is 13.0 Å². The van der Waals surface area contributed by atoms with Gasteiger partial charge in [-0.15, -0.1) is 0 Å². The Hall–Kier alpha value is -9.01. The highest BCUT2D eigenvalue weighted by Crippen LogP contribution is 2.48. The van der Waals surface area contributed by atoms with E-state index in [1.807, 2.05) is 104 Å². The lowest BCUT2D eigenvalue weighted by Crippen LogP contribution is -2.41. The number of aromatic nitrogens is 5. The highest BCUT2D eigenvalue weighted by molar-refractivity contribution is 7.90. The van der Waals surface area contributed by atoms with Gasteiger partial charge in [0.05, 0.1) is 24.6 Å². The van der Waals surface area contributed by atoms with Crippen molar-refractivity contribution in [2.75, 3.05) is 32.8 Å². The molecule has 0 bridgehead atoms. The Kier molecular flexibility index (Phi) is 25.3. The molecule has 0 unspecified atom stereocenters. The molecule has 0 saturated carbocycles. The number of nitrogens with zero attached hydrogens (tertiary/aromatic N) is 6. The highest BCUT2D eigenvalue weighted by Gasteiger charge is 2.37. The van der Waals surface area contributed by atoms with Gasteiger partial charge in [0.1, 0.15) is 11.5 Å². The summed E-state index contributed by atoms with van der Waals surface area (Å²) in [6.07, 6.45) is 7.30. The van der Waals surface area contributed by atoms with E-state index in [2.05, 4.69) is 62.8 Å². The third kappa shape index (κ3) is 18.1. The average Bonchev–Trinajstić information content (AvgIpc) is 1.60. The monoisotopic (exact) mass is 1600 g/mol. The predicted molar refractivity (Wildman–Crippen MR) is 423 cm³/mol. The molecule has 4 aromatic carbocycles. The van der Waals surface area contributed by atoms with Gasteiger partial charge >= 0.3 is 0 Å². The normalized spacial score (nSPS) is 13.9. The van der Waals surface area contributed by atoms with Crippen molar-refractivity contribution in [3.05, 3.63) is 213 Å². The predicted octanol–water partition coefficient (Wildman–Crippen LogP) is 16.0. The van der Waals surface area contributed by atoms with Crippen molar-refractivity contribution in [2.45, 2.75) is 163 Å². The van der Waals surface area contributed by atoms with Crippen molar-refractivity contribution < 1.29 is 54.3 Å². The molecule has 9 aromatic rings. The largest absolute Gasteiger partial charge is 0.494 e. The van der Waals surface area contributed by atoms with Crippen LogP contribution in [0.1, 0.15) is 166 Å². The van der Waals surface area contributed by atoms with Gasteiger partial charge in [-0.05, 0) is 275 Å². The Bertz CT molecular complexity index is 5270. The highest BCUT2D eigenvalue weighted by atomic mass is 35.5. The maximum absolute atomic E-state index is 14.1. The Balaban J connectivity index is 0.000000217. The Morgan fingerprint density at radius 3 is 1.41 bits per heavy atom. The van der Waals surface area contributed by atoms with E-state index in [9.17, 15) is 36.0 Å². The molecule has 5 aromatic heterocycles. The molecule has 0 radical (unpaired) electrons. The topological polar surface area (TPSA) is 281 Å². The van der Waals surface area contributed by atoms with Crippen LogP contribution in [-0.4, -0.2) is 109 Å². The van der Waals surface area contributed by atoms with Gasteiger partial charge in [0.15, 0.2) is 11.5 Å². The second-order valence-corrected chi connectivity index (χ2v) is 33.3. The summed E-state index contributed by atoms with van der Waals surface area (Å²) in [4.78, 5) is 60.2. The number of ether oxygens (including phenoxy) is 2. The fourth-order valence-electron chi connectivity index (χ4n) is 14.5. The number of amides is 4. The van der Waals surface area contributed by atoms with Crippen LogP contribution >= 0.6 is 46.4 Å². The van der Waals surface area contributed by atoms with Gasteiger partial charge < -0.3 is 33.8 Å². The first-order chi connectivity index (χ1) is 51.7. The molecule has 3 aliphatic rings. The van der Waals surface area contributed by atoms with Gasteiger partial charge in [-0.2, -0.15) is 27.0 Å². The summed E-state index contributed by atoms with van der Waals surface area (Å²) in [6, 6.07) is 23.8. The minimum atomic E-state index is -4.51. The number of fused-ring (bicyclic) bond motifs is 2. The summed E-state index contributed by atoms with van der Waals surface area (Å²) >= 11 is 26.5. The number of furan rings is 2. The molecule has 12 rings (SSSR count). The Morgan fingerprint density at radius 2 is 0.991 bits per heavy atom. The van der Waals surface area contributed by atoms with Gasteiger partial charge in [0.25, 0.3) is 43.7 Å². The lowest BCUT2D eigenvalue weighted by atomic mass is 9.93. The molecule has 576 valence electrons. The van der Waals surface area contributed by atoms with Crippen LogP contribution in [-0.2, 0) is 56.1 Å². The molecule has 22 nitrogen and oxygen atoms in total. The van der Waals surface area contributed by atoms with Gasteiger partial charge in [-0.1, -0.05) is 58.5 Å². The minimum absolute atomic E-state index is 0.107. The van der Waals surface area contributed by atoms with Gasteiger partial charge in [-0.25, -0.2) is 9.44 Å². The first kappa shape index (κ1) is 81.0. The van der Waals surface area contributed by atoms with E-state index in [-0.39, 0.29) is 42.5 Å². The number of aryl methyl sites for hydroxylation is 7. The summed E-state index contributed by atoms with van der Waals surface area (Å²) in [5.74, 6) is -1.37. The number of allylic oxidation sites excluding steroid dienone is 2. The van der Waals surface area contributed by atoms with E-state index in [4.69, 9.17) is 69.8 Å². The number of hydrogen-bond donors (Lipinski definition) is 4. The van der Waals surface area contributed by atoms with E-state index < -0.39 is 53.9 Å². The lowest BCUT2D eigenvalue weighted by molar-refractivity contribution is -0.116. The smallest absolute Gasteiger partial charge is 0.297 e. The number of carbonyl (C=O) groups is 4. The number of pyridine rings is 1. The second kappa shape index (κ2) is 34.1. The number of likely N-dealkylation sites (tertiary alicyclic amines) is 1. The molecular weight excluding hydrogens is 1510 g/mol. The van der Waals surface area contributed by atoms with Crippen LogP contribution < -0.4 is 29.6 Å². The molecule has 1 saturated heterocycles. The van der Waals surface area contributed by atoms with Crippen LogP contribution in [0.3, 0.4) is 0 Å². The molecule has 0 atom stereocenters. The van der Waals surface area contributed by atoms with Crippen LogP contribution in [0.2, 0.25) is 20.1 Å². The SMILES string of the molecule is Cc1cc(OCCCC2=C(C(=O)NS(=O)(=O)c3ccc(C(=O)NCC4CCN(C(C)C)CC4)o3)Cc3c2ccc(Cl)c3-c2c(C)nn(C)c2C)cc(C)c1Cl.Cc1cc(OCCCC2=C(C(=O)NS(=O)(=O)c3ccc(C(=O)NCc4ccncc4)o3)Cc3c2ccc(Cl)c3-c2c(C)nn(C(C)C)c2C)cc(C)c1Cl. The fraction of sp³-hybridized carbons (Fsp3) is 0.370. The molecule has 109 heavy (non-hydrogen) atoms. The summed E-state index contributed by atoms with van der Waals surface area (Å²) in [6.45, 7) is 27.2. The van der Waals surface area contributed by atoms with Crippen molar-refractivity contribution >= 4 is 101 Å². The third-order valence-corrected chi connectivity index (χ3v) is 24.4. The maximum atomic E-state index is 14.1. The van der Waals surface area contributed by atoms with Crippen molar-refractivity contribution in [1.82, 2.24) is 49.5 Å². The van der Waals surface area contributed by atoms with Crippen LogP contribution in [0.25, 0.3) is 33.4 Å². The van der Waals surface area contributed by atoms with Crippen molar-refractivity contribution in [1.29, 1.82) is 0 Å². The maximum Gasteiger partial charge on any atom is 0.297 e. The average molecular weight is 1600 g/mol. The van der Waals surface area contributed by atoms with Gasteiger partial charge in [0, 0.05) is 122 Å². The number of rotatable bonds is 26. The summed E-state index contributed by atoms with van der Waals surface area (Å²) < 4.78 is 85.5. The standard InChI is InChI=1S/C41H49Cl2N5O6S.C40H41Cl2N5O6S/c1-23(2)48-16-14-28(15-17-48)22-44-41(50)35-12-13-36(54-35)55(51,52)46-40(49)33-21-32-31(10-11-34(42)38(32)37-26(5)45-47(7)27(37)6)30(33)9-8-18-53-29-19-24(3)39(43)25(4)20-29;1-22(2)47-26(6)36(25(5)45-47)37-31-20-32(29(30(31)9-10-33(37)41)8-7-17-52-28-18-23(3)38(42)24(4)19-28)39(48)46-54(50,51)35-12-11-34(53-35)40(49)44-21-27-13-15-43-16-14-27/h10-13,19-20,23,28H,8-9,14-18,21-22H2,1-7H3,(H,44,50)(H,46,49);9-16,18-19,22H,7-8,17,20-21H2,1-6H3,(H,44,49)(H,46,48). The van der Waals surface area contributed by atoms with E-state index in [0.29, 0.717) is 106 Å². The number of benzene rings is 4. The molecule has 2 aliphatic carbocycles. The van der Waals surface area contributed by atoms with E-state index >= 15 is 0 Å². The van der Waals surface area contributed by atoms with Crippen LogP contribution in [0, 0.1) is 61.3 Å². The number of carbonyl (C=O) groups excluding carboxylic acids is 4. The van der Waals surface area contributed by atoms with Gasteiger partial charge in [-0.3, -0.25) is 33.5 Å². The zero-order valence-corrected chi connectivity index (χ0v) is 67.9. The second-order valence-electron chi connectivity index (χ2n) is 28.5. The molecule has 6 heterocycles. The van der Waals surface area contributed by atoms with Crippen LogP contribution in [0.15, 0.2) is 127 Å². The third-order valence-electron chi connectivity index (χ3n) is 20.2. The zero-order chi connectivity index (χ0) is 78.7. The first-order valence-corrected chi connectivity index (χ1v) is 40.7. The number of nitrogens with one attached hydrogen (secondary N) is 4. The first-order valence-electron chi connectivity index (χ1n) is 36.2. The lowest BCUT2D eigenvalue weighted by Gasteiger charge is -2.34. The molecule has 0 spiro atoms.